The summed E-state index contributed by atoms with van der Waals surface area (Å²) in [4.78, 5) is 2.43. The molecule has 0 amide bonds. The number of hydrogen-bond acceptors (Lipinski definition) is 3. The predicted octanol–water partition coefficient (Wildman–Crippen LogP) is 3.27. The van der Waals surface area contributed by atoms with E-state index in [9.17, 15) is 0 Å². The van der Waals surface area contributed by atoms with Crippen LogP contribution in [-0.2, 0) is 6.42 Å². The molecule has 0 radical (unpaired) electrons. The fraction of sp³-hybridized carbons (Fsp3) is 0.526. The molecule has 0 aliphatic carbocycles. The number of fused-ring (bicyclic) bond motifs is 1. The largest absolute Gasteiger partial charge is 0.369 e. The van der Waals surface area contributed by atoms with Gasteiger partial charge in [-0.2, -0.15) is 5.10 Å². The molecule has 4 rings (SSSR count). The molecule has 1 fully saturated rings. The zero-order valence-corrected chi connectivity index (χ0v) is 14.4. The Balaban J connectivity index is 1.74. The smallest absolute Gasteiger partial charge is 0.133 e. The molecule has 1 N–H and O–H groups in total. The van der Waals surface area contributed by atoms with Gasteiger partial charge in [-0.25, -0.2) is 4.68 Å². The lowest BCUT2D eigenvalue weighted by atomic mass is 9.91. The fourth-order valence-corrected chi connectivity index (χ4v) is 3.86. The Kier molecular flexibility index (Phi) is 3.64. The molecular formula is C19H26N4. The van der Waals surface area contributed by atoms with Gasteiger partial charge in [0.15, 0.2) is 0 Å². The Morgan fingerprint density at radius 1 is 1.13 bits per heavy atom. The van der Waals surface area contributed by atoms with E-state index < -0.39 is 0 Å². The van der Waals surface area contributed by atoms with Crippen molar-refractivity contribution in [3.63, 3.8) is 0 Å². The molecule has 122 valence electrons. The first kappa shape index (κ1) is 14.8. The highest BCUT2D eigenvalue weighted by Gasteiger charge is 2.29. The average Bonchev–Trinajstić information content (AvgIpc) is 3.13. The molecule has 2 aliphatic heterocycles. The maximum absolute atomic E-state index is 5.06. The van der Waals surface area contributed by atoms with E-state index >= 15 is 0 Å². The van der Waals surface area contributed by atoms with Crippen LogP contribution >= 0.6 is 0 Å². The molecule has 2 aromatic rings. The van der Waals surface area contributed by atoms with E-state index in [1.165, 1.54) is 59.8 Å². The molecule has 3 heterocycles. The fourth-order valence-electron chi connectivity index (χ4n) is 3.86. The van der Waals surface area contributed by atoms with Crippen molar-refractivity contribution in [2.45, 2.75) is 39.0 Å². The topological polar surface area (TPSA) is 33.1 Å². The van der Waals surface area contributed by atoms with Crippen molar-refractivity contribution < 1.29 is 0 Å². The summed E-state index contributed by atoms with van der Waals surface area (Å²) in [6, 6.07) is 6.64. The molecule has 0 atom stereocenters. The minimum Gasteiger partial charge on any atom is -0.369 e. The first-order chi connectivity index (χ1) is 11.1. The number of benzene rings is 1. The molecule has 4 nitrogen and oxygen atoms in total. The van der Waals surface area contributed by atoms with Crippen LogP contribution in [0.5, 0.6) is 0 Å². The summed E-state index contributed by atoms with van der Waals surface area (Å²) in [5.41, 5.74) is 6.64. The maximum atomic E-state index is 5.06. The van der Waals surface area contributed by atoms with E-state index in [-0.39, 0.29) is 0 Å². The van der Waals surface area contributed by atoms with Gasteiger partial charge in [0.05, 0.1) is 11.4 Å². The van der Waals surface area contributed by atoms with E-state index in [1.807, 2.05) is 0 Å². The van der Waals surface area contributed by atoms with Crippen LogP contribution in [0.2, 0.25) is 0 Å². The van der Waals surface area contributed by atoms with Gasteiger partial charge >= 0.3 is 0 Å². The van der Waals surface area contributed by atoms with Crippen LogP contribution in [0.15, 0.2) is 18.2 Å². The number of aryl methyl sites for hydroxylation is 2. The van der Waals surface area contributed by atoms with Gasteiger partial charge in [0.2, 0.25) is 0 Å². The van der Waals surface area contributed by atoms with Gasteiger partial charge in [0.25, 0.3) is 0 Å². The summed E-state index contributed by atoms with van der Waals surface area (Å²) in [7, 11) is 2.22. The molecule has 0 bridgehead atoms. The van der Waals surface area contributed by atoms with E-state index in [0.717, 1.165) is 13.0 Å². The van der Waals surface area contributed by atoms with Crippen LogP contribution in [0, 0.1) is 13.8 Å². The van der Waals surface area contributed by atoms with Crippen molar-refractivity contribution in [1.29, 1.82) is 0 Å². The summed E-state index contributed by atoms with van der Waals surface area (Å²) in [5.74, 6) is 1.84. The second-order valence-electron chi connectivity index (χ2n) is 7.15. The van der Waals surface area contributed by atoms with Gasteiger partial charge in [0, 0.05) is 18.0 Å². The van der Waals surface area contributed by atoms with Crippen molar-refractivity contribution >= 4 is 5.82 Å². The second kappa shape index (κ2) is 5.68. The average molecular weight is 310 g/mol. The minimum absolute atomic E-state index is 0.618. The molecular weight excluding hydrogens is 284 g/mol. The van der Waals surface area contributed by atoms with Crippen molar-refractivity contribution in [3.8, 4) is 5.69 Å². The number of anilines is 1. The quantitative estimate of drug-likeness (QED) is 0.924. The van der Waals surface area contributed by atoms with Gasteiger partial charge in [0.1, 0.15) is 5.82 Å². The lowest BCUT2D eigenvalue weighted by Gasteiger charge is -2.28. The Morgan fingerprint density at radius 2 is 1.91 bits per heavy atom. The van der Waals surface area contributed by atoms with Gasteiger partial charge in [-0.3, -0.25) is 0 Å². The van der Waals surface area contributed by atoms with Crippen LogP contribution in [0.1, 0.15) is 41.1 Å². The number of nitrogens with zero attached hydrogens (tertiary/aromatic N) is 3. The highest BCUT2D eigenvalue weighted by atomic mass is 15.3. The molecule has 0 unspecified atom stereocenters. The van der Waals surface area contributed by atoms with Crippen LogP contribution in [0.3, 0.4) is 0 Å². The zero-order valence-electron chi connectivity index (χ0n) is 14.4. The number of likely N-dealkylation sites (tertiary alicyclic amines) is 1. The molecule has 0 saturated carbocycles. The third kappa shape index (κ3) is 2.55. The molecule has 2 aliphatic rings. The van der Waals surface area contributed by atoms with E-state index in [0.29, 0.717) is 5.92 Å². The predicted molar refractivity (Wildman–Crippen MR) is 94.7 cm³/mol. The Bertz CT molecular complexity index is 723. The Morgan fingerprint density at radius 3 is 2.65 bits per heavy atom. The van der Waals surface area contributed by atoms with Crippen molar-refractivity contribution in [2.75, 3.05) is 32.0 Å². The zero-order chi connectivity index (χ0) is 16.0. The summed E-state index contributed by atoms with van der Waals surface area (Å²) in [6.45, 7) is 7.74. The number of hydrogen-bond donors (Lipinski definition) is 1. The van der Waals surface area contributed by atoms with Crippen LogP contribution < -0.4 is 5.32 Å². The standard InChI is InChI=1S/C19H26N4/c1-13-4-5-16(12-14(13)2)23-19-17(6-9-20-19)18(21-23)15-7-10-22(3)11-8-15/h4-5,12,15,20H,6-11H2,1-3H3. The van der Waals surface area contributed by atoms with Crippen LogP contribution in [0.4, 0.5) is 5.82 Å². The number of piperidine rings is 1. The lowest BCUT2D eigenvalue weighted by Crippen LogP contribution is -2.29. The molecule has 0 spiro atoms. The lowest BCUT2D eigenvalue weighted by molar-refractivity contribution is 0.252. The summed E-state index contributed by atoms with van der Waals surface area (Å²) in [6.07, 6.45) is 3.57. The number of nitrogens with one attached hydrogen (secondary N) is 1. The summed E-state index contributed by atoms with van der Waals surface area (Å²) < 4.78 is 2.14. The SMILES string of the molecule is Cc1ccc(-n2nc(C3CCN(C)CC3)c3c2NCC3)cc1C. The molecule has 1 aromatic carbocycles. The highest BCUT2D eigenvalue weighted by molar-refractivity contribution is 5.58. The van der Waals surface area contributed by atoms with Crippen LogP contribution in [-0.4, -0.2) is 41.4 Å². The normalized spacial score (nSPS) is 18.9. The third-order valence-corrected chi connectivity index (χ3v) is 5.52. The first-order valence-corrected chi connectivity index (χ1v) is 8.75. The summed E-state index contributed by atoms with van der Waals surface area (Å²) in [5, 5.41) is 8.62. The van der Waals surface area contributed by atoms with Crippen molar-refractivity contribution in [3.05, 3.63) is 40.6 Å². The van der Waals surface area contributed by atoms with E-state index in [1.54, 1.807) is 0 Å². The van der Waals surface area contributed by atoms with Crippen LogP contribution in [0.25, 0.3) is 5.69 Å². The molecule has 4 heteroatoms. The van der Waals surface area contributed by atoms with Crippen molar-refractivity contribution in [1.82, 2.24) is 14.7 Å². The van der Waals surface area contributed by atoms with Crippen molar-refractivity contribution in [2.24, 2.45) is 0 Å². The third-order valence-electron chi connectivity index (χ3n) is 5.52. The van der Waals surface area contributed by atoms with Gasteiger partial charge in [-0.15, -0.1) is 0 Å². The molecule has 1 saturated heterocycles. The number of aromatic nitrogens is 2. The molecule has 1 aromatic heterocycles. The van der Waals surface area contributed by atoms with E-state index in [4.69, 9.17) is 5.10 Å². The van der Waals surface area contributed by atoms with Gasteiger partial charge < -0.3 is 10.2 Å². The molecule has 23 heavy (non-hydrogen) atoms. The van der Waals surface area contributed by atoms with Gasteiger partial charge in [-0.05, 0) is 76.5 Å². The highest BCUT2D eigenvalue weighted by Crippen LogP contribution is 2.36. The first-order valence-electron chi connectivity index (χ1n) is 8.75. The minimum atomic E-state index is 0.618. The monoisotopic (exact) mass is 310 g/mol. The second-order valence-corrected chi connectivity index (χ2v) is 7.15. The van der Waals surface area contributed by atoms with E-state index in [2.05, 4.69) is 54.0 Å². The Labute approximate surface area is 138 Å². The Hall–Kier alpha value is -1.81. The summed E-state index contributed by atoms with van der Waals surface area (Å²) >= 11 is 0. The van der Waals surface area contributed by atoms with Gasteiger partial charge in [-0.1, -0.05) is 6.07 Å². The maximum Gasteiger partial charge on any atom is 0.133 e. The number of rotatable bonds is 2.